The van der Waals surface area contributed by atoms with E-state index in [1.54, 1.807) is 36.4 Å². The van der Waals surface area contributed by atoms with Crippen LogP contribution in [0.5, 0.6) is 11.5 Å². The monoisotopic (exact) mass is 430 g/mol. The van der Waals surface area contributed by atoms with Gasteiger partial charge in [0.05, 0.1) is 22.5 Å². The summed E-state index contributed by atoms with van der Waals surface area (Å²) >= 11 is 0. The Labute approximate surface area is 183 Å². The fraction of sp³-hybridized carbons (Fsp3) is 0.217. The topological polar surface area (TPSA) is 132 Å². The average Bonchev–Trinajstić information content (AvgIpc) is 3.26. The number of nitro groups is 1. The summed E-state index contributed by atoms with van der Waals surface area (Å²) in [7, 11) is 0. The average molecular weight is 430 g/mol. The van der Waals surface area contributed by atoms with Crippen LogP contribution in [0.15, 0.2) is 65.1 Å². The van der Waals surface area contributed by atoms with E-state index in [0.717, 1.165) is 0 Å². The van der Waals surface area contributed by atoms with Crippen molar-refractivity contribution in [3.8, 4) is 17.6 Å². The Morgan fingerprint density at radius 1 is 1.16 bits per heavy atom. The number of hydrogen-bond acceptors (Lipinski definition) is 8. The quantitative estimate of drug-likeness (QED) is 0.577. The number of fused-ring (bicyclic) bond motifs is 1. The second-order valence-electron chi connectivity index (χ2n) is 7.67. The molecular formula is C23H18N4O5. The maximum atomic E-state index is 13.2. The fourth-order valence-corrected chi connectivity index (χ4v) is 4.60. The SMILES string of the molecule is N#CC1=C(N)N(c2ccccc2[N+](=O)[O-])C2=C(C(=O)CCC2)[C@H]1c1ccc2c(c1)OCO2. The van der Waals surface area contributed by atoms with Crippen molar-refractivity contribution in [3.63, 3.8) is 0 Å². The van der Waals surface area contributed by atoms with Gasteiger partial charge in [-0.1, -0.05) is 18.2 Å². The third kappa shape index (κ3) is 2.88. The first-order valence-corrected chi connectivity index (χ1v) is 10.1. The number of carbonyl (C=O) groups excluding carboxylic acids is 1. The van der Waals surface area contributed by atoms with Gasteiger partial charge in [0.15, 0.2) is 17.3 Å². The van der Waals surface area contributed by atoms with E-state index in [1.807, 2.05) is 0 Å². The molecule has 2 aromatic carbocycles. The predicted molar refractivity (Wildman–Crippen MR) is 114 cm³/mol. The van der Waals surface area contributed by atoms with Gasteiger partial charge in [0.1, 0.15) is 11.5 Å². The van der Waals surface area contributed by atoms with E-state index < -0.39 is 10.8 Å². The highest BCUT2D eigenvalue weighted by Gasteiger charge is 2.42. The number of anilines is 1. The number of ether oxygens (including phenoxy) is 2. The van der Waals surface area contributed by atoms with Gasteiger partial charge in [-0.25, -0.2) is 0 Å². The molecule has 1 aliphatic carbocycles. The zero-order valence-electron chi connectivity index (χ0n) is 16.9. The molecule has 32 heavy (non-hydrogen) atoms. The maximum Gasteiger partial charge on any atom is 0.293 e. The summed E-state index contributed by atoms with van der Waals surface area (Å²) in [5, 5.41) is 21.8. The van der Waals surface area contributed by atoms with Crippen molar-refractivity contribution in [2.24, 2.45) is 5.73 Å². The molecule has 3 aliphatic rings. The highest BCUT2D eigenvalue weighted by atomic mass is 16.7. The number of nitriles is 1. The molecule has 5 rings (SSSR count). The second-order valence-corrected chi connectivity index (χ2v) is 7.67. The highest BCUT2D eigenvalue weighted by molar-refractivity contribution is 6.01. The van der Waals surface area contributed by atoms with E-state index >= 15 is 0 Å². The number of allylic oxidation sites excluding steroid dienone is 3. The largest absolute Gasteiger partial charge is 0.454 e. The molecule has 0 saturated carbocycles. The van der Waals surface area contributed by atoms with E-state index in [9.17, 15) is 20.2 Å². The Morgan fingerprint density at radius 3 is 2.72 bits per heavy atom. The van der Waals surface area contributed by atoms with Crippen LogP contribution in [0.25, 0.3) is 0 Å². The summed E-state index contributed by atoms with van der Waals surface area (Å²) < 4.78 is 10.9. The van der Waals surface area contributed by atoms with Gasteiger partial charge in [-0.05, 0) is 36.6 Å². The molecule has 9 nitrogen and oxygen atoms in total. The molecule has 0 amide bonds. The maximum absolute atomic E-state index is 13.2. The number of carbonyl (C=O) groups is 1. The van der Waals surface area contributed by atoms with Gasteiger partial charge in [0, 0.05) is 23.8 Å². The van der Waals surface area contributed by atoms with Gasteiger partial charge in [0.2, 0.25) is 6.79 Å². The van der Waals surface area contributed by atoms with Crippen molar-refractivity contribution >= 4 is 17.2 Å². The molecular weight excluding hydrogens is 412 g/mol. The van der Waals surface area contributed by atoms with Gasteiger partial charge in [0.25, 0.3) is 5.69 Å². The number of para-hydroxylation sites is 2. The standard InChI is InChI=1S/C23H18N4O5/c24-11-14-21(13-8-9-19-20(10-13)32-12-31-19)22-17(6-3-7-18(22)28)26(23(14)25)15-4-1-2-5-16(15)27(29)30/h1-2,4-5,8-10,21H,3,6-7,12,25H2/t21-/m0/s1. The number of Topliss-reactive ketones (excluding diaryl/α,β-unsaturated/α-hetero) is 1. The zero-order chi connectivity index (χ0) is 22.4. The van der Waals surface area contributed by atoms with Crippen molar-refractivity contribution in [1.29, 1.82) is 5.26 Å². The molecule has 2 aliphatic heterocycles. The predicted octanol–water partition coefficient (Wildman–Crippen LogP) is 3.63. The molecule has 0 spiro atoms. The zero-order valence-corrected chi connectivity index (χ0v) is 16.9. The summed E-state index contributed by atoms with van der Waals surface area (Å²) in [4.78, 5) is 25.9. The van der Waals surface area contributed by atoms with Crippen molar-refractivity contribution in [3.05, 3.63) is 80.8 Å². The summed E-state index contributed by atoms with van der Waals surface area (Å²) in [5.74, 6) is 0.419. The smallest absolute Gasteiger partial charge is 0.293 e. The lowest BCUT2D eigenvalue weighted by molar-refractivity contribution is -0.384. The molecule has 160 valence electrons. The first-order valence-electron chi connectivity index (χ1n) is 10.1. The van der Waals surface area contributed by atoms with Crippen LogP contribution in [0.4, 0.5) is 11.4 Å². The first kappa shape index (κ1) is 19.6. The van der Waals surface area contributed by atoms with Crippen LogP contribution >= 0.6 is 0 Å². The molecule has 0 bridgehead atoms. The summed E-state index contributed by atoms with van der Waals surface area (Å²) in [6, 6.07) is 13.6. The van der Waals surface area contributed by atoms with Crippen molar-refractivity contribution in [1.82, 2.24) is 0 Å². The highest BCUT2D eigenvalue weighted by Crippen LogP contribution is 2.49. The van der Waals surface area contributed by atoms with Crippen molar-refractivity contribution in [2.75, 3.05) is 11.7 Å². The normalized spacial score (nSPS) is 19.7. The summed E-state index contributed by atoms with van der Waals surface area (Å²) in [6.07, 6.45) is 1.44. The Morgan fingerprint density at radius 2 is 1.94 bits per heavy atom. The lowest BCUT2D eigenvalue weighted by atomic mass is 9.75. The third-order valence-corrected chi connectivity index (χ3v) is 5.96. The molecule has 0 fully saturated rings. The number of nitro benzene ring substituents is 1. The van der Waals surface area contributed by atoms with Gasteiger partial charge >= 0.3 is 0 Å². The number of benzene rings is 2. The minimum Gasteiger partial charge on any atom is -0.454 e. The third-order valence-electron chi connectivity index (χ3n) is 5.96. The van der Waals surface area contributed by atoms with Crippen LogP contribution in [-0.4, -0.2) is 17.5 Å². The minimum atomic E-state index is -0.684. The fourth-order valence-electron chi connectivity index (χ4n) is 4.60. The number of nitrogens with two attached hydrogens (primary N) is 1. The van der Waals surface area contributed by atoms with Gasteiger partial charge in [-0.2, -0.15) is 5.26 Å². The van der Waals surface area contributed by atoms with Crippen LogP contribution in [0, 0.1) is 21.4 Å². The summed E-state index contributed by atoms with van der Waals surface area (Å²) in [5.41, 5.74) is 8.44. The Bertz CT molecular complexity index is 1270. The van der Waals surface area contributed by atoms with Crippen molar-refractivity contribution in [2.45, 2.75) is 25.2 Å². The van der Waals surface area contributed by atoms with Gasteiger partial charge in [-0.3, -0.25) is 19.8 Å². The van der Waals surface area contributed by atoms with Crippen LogP contribution < -0.4 is 20.1 Å². The molecule has 2 aromatic rings. The Balaban J connectivity index is 1.75. The number of rotatable bonds is 3. The Hall–Kier alpha value is -4.32. The van der Waals surface area contributed by atoms with E-state index in [2.05, 4.69) is 6.07 Å². The van der Waals surface area contributed by atoms with Crippen LogP contribution in [0.1, 0.15) is 30.7 Å². The number of nitrogens with zero attached hydrogens (tertiary/aromatic N) is 3. The molecule has 2 N–H and O–H groups in total. The van der Waals surface area contributed by atoms with Crippen LogP contribution in [-0.2, 0) is 4.79 Å². The van der Waals surface area contributed by atoms with Gasteiger partial charge in [-0.15, -0.1) is 0 Å². The van der Waals surface area contributed by atoms with E-state index in [1.165, 1.54) is 11.0 Å². The molecule has 2 heterocycles. The number of hydrogen-bond donors (Lipinski definition) is 1. The van der Waals surface area contributed by atoms with E-state index in [-0.39, 0.29) is 35.3 Å². The minimum absolute atomic E-state index is 0.0814. The lowest BCUT2D eigenvalue weighted by Gasteiger charge is -2.39. The molecule has 1 atom stereocenters. The van der Waals surface area contributed by atoms with Crippen molar-refractivity contribution < 1.29 is 19.2 Å². The Kier molecular flexibility index (Phi) is 4.56. The van der Waals surface area contributed by atoms with Crippen LogP contribution in [0.2, 0.25) is 0 Å². The van der Waals surface area contributed by atoms with E-state index in [0.29, 0.717) is 47.6 Å². The molecule has 9 heteroatoms. The second kappa shape index (κ2) is 7.42. The van der Waals surface area contributed by atoms with E-state index in [4.69, 9.17) is 15.2 Å². The van der Waals surface area contributed by atoms with Crippen LogP contribution in [0.3, 0.4) is 0 Å². The molecule has 0 saturated heterocycles. The first-order chi connectivity index (χ1) is 15.5. The lowest BCUT2D eigenvalue weighted by Crippen LogP contribution is -2.39. The molecule has 0 unspecified atom stereocenters. The van der Waals surface area contributed by atoms with Gasteiger partial charge < -0.3 is 15.2 Å². The number of ketones is 1. The summed E-state index contributed by atoms with van der Waals surface area (Å²) in [6.45, 7) is 0.102. The molecule has 0 aromatic heterocycles. The molecule has 0 radical (unpaired) electrons.